The molecule has 1 N–H and O–H groups in total. The van der Waals surface area contributed by atoms with Gasteiger partial charge in [0.25, 0.3) is 0 Å². The summed E-state index contributed by atoms with van der Waals surface area (Å²) >= 11 is 0. The summed E-state index contributed by atoms with van der Waals surface area (Å²) in [5, 5.41) is 3.11. The molecular formula is C10H21NO2. The first-order valence-corrected chi connectivity index (χ1v) is 4.80. The van der Waals surface area contributed by atoms with Gasteiger partial charge in [-0.05, 0) is 27.3 Å². The normalized spacial score (nSPS) is 13.9. The summed E-state index contributed by atoms with van der Waals surface area (Å²) in [6, 6.07) is 0. The molecule has 0 aromatic carbocycles. The minimum absolute atomic E-state index is 0.0702. The van der Waals surface area contributed by atoms with Gasteiger partial charge in [0.1, 0.15) is 5.60 Å². The number of carbonyl (C=O) groups is 1. The fraction of sp³-hybridized carbons (Fsp3) is 0.900. The van der Waals surface area contributed by atoms with Gasteiger partial charge in [0.2, 0.25) is 0 Å². The van der Waals surface area contributed by atoms with Gasteiger partial charge in [-0.25, -0.2) is 0 Å². The molecule has 78 valence electrons. The number of carbonyl (C=O) groups excluding carboxylic acids is 1. The third-order valence-corrected chi connectivity index (χ3v) is 1.51. The second kappa shape index (κ2) is 5.22. The Morgan fingerprint density at radius 3 is 2.38 bits per heavy atom. The molecule has 0 rings (SSSR count). The van der Waals surface area contributed by atoms with Crippen LogP contribution in [0.4, 0.5) is 0 Å². The van der Waals surface area contributed by atoms with Crippen molar-refractivity contribution in [2.75, 3.05) is 13.1 Å². The lowest BCUT2D eigenvalue weighted by Crippen LogP contribution is -2.32. The first kappa shape index (κ1) is 12.4. The Hall–Kier alpha value is -0.570. The van der Waals surface area contributed by atoms with E-state index in [4.69, 9.17) is 4.74 Å². The number of nitrogens with one attached hydrogen (secondary N) is 1. The number of hydrogen-bond acceptors (Lipinski definition) is 3. The fourth-order valence-electron chi connectivity index (χ4n) is 0.847. The van der Waals surface area contributed by atoms with Gasteiger partial charge in [-0.1, -0.05) is 13.8 Å². The van der Waals surface area contributed by atoms with Crippen LogP contribution < -0.4 is 5.32 Å². The molecule has 0 saturated carbocycles. The molecule has 0 aliphatic heterocycles. The lowest BCUT2D eigenvalue weighted by molar-refractivity contribution is -0.159. The summed E-state index contributed by atoms with van der Waals surface area (Å²) in [6.45, 7) is 11.1. The zero-order valence-electron chi connectivity index (χ0n) is 9.31. The molecule has 3 heteroatoms. The molecule has 0 bridgehead atoms. The number of esters is 1. The predicted molar refractivity (Wildman–Crippen MR) is 53.6 cm³/mol. The SMILES string of the molecule is CCNCC(C)C(=O)OC(C)(C)C. The molecule has 0 aromatic rings. The second-order valence-corrected chi connectivity index (χ2v) is 4.24. The quantitative estimate of drug-likeness (QED) is 0.679. The van der Waals surface area contributed by atoms with Crippen molar-refractivity contribution in [3.63, 3.8) is 0 Å². The topological polar surface area (TPSA) is 38.3 Å². The van der Waals surface area contributed by atoms with Crippen LogP contribution in [0.3, 0.4) is 0 Å². The maximum Gasteiger partial charge on any atom is 0.310 e. The van der Waals surface area contributed by atoms with Gasteiger partial charge in [0.15, 0.2) is 0 Å². The Bertz CT molecular complexity index is 161. The average Bonchev–Trinajstić information content (AvgIpc) is 1.96. The third-order valence-electron chi connectivity index (χ3n) is 1.51. The van der Waals surface area contributed by atoms with Gasteiger partial charge in [0, 0.05) is 6.54 Å². The Morgan fingerprint density at radius 2 is 2.00 bits per heavy atom. The summed E-state index contributed by atoms with van der Waals surface area (Å²) < 4.78 is 5.22. The second-order valence-electron chi connectivity index (χ2n) is 4.24. The van der Waals surface area contributed by atoms with Crippen LogP contribution in [0.1, 0.15) is 34.6 Å². The first-order valence-electron chi connectivity index (χ1n) is 4.80. The maximum absolute atomic E-state index is 11.4. The summed E-state index contributed by atoms with van der Waals surface area (Å²) in [5.74, 6) is -0.201. The lowest BCUT2D eigenvalue weighted by atomic mass is 10.1. The highest BCUT2D eigenvalue weighted by molar-refractivity contribution is 5.72. The van der Waals surface area contributed by atoms with Gasteiger partial charge in [-0.15, -0.1) is 0 Å². The molecule has 0 saturated heterocycles. The molecule has 0 aromatic heterocycles. The molecule has 0 aliphatic rings. The van der Waals surface area contributed by atoms with Crippen LogP contribution in [0, 0.1) is 5.92 Å². The molecule has 1 unspecified atom stereocenters. The van der Waals surface area contributed by atoms with Crippen LogP contribution >= 0.6 is 0 Å². The highest BCUT2D eigenvalue weighted by Gasteiger charge is 2.20. The summed E-state index contributed by atoms with van der Waals surface area (Å²) in [6.07, 6.45) is 0. The van der Waals surface area contributed by atoms with Crippen molar-refractivity contribution in [1.82, 2.24) is 5.32 Å². The van der Waals surface area contributed by atoms with Crippen molar-refractivity contribution in [2.45, 2.75) is 40.2 Å². The van der Waals surface area contributed by atoms with E-state index in [0.717, 1.165) is 6.54 Å². The van der Waals surface area contributed by atoms with Crippen molar-refractivity contribution in [2.24, 2.45) is 5.92 Å². The summed E-state index contributed by atoms with van der Waals surface area (Å²) in [7, 11) is 0. The zero-order valence-corrected chi connectivity index (χ0v) is 9.31. The largest absolute Gasteiger partial charge is 0.460 e. The minimum Gasteiger partial charge on any atom is -0.460 e. The third kappa shape index (κ3) is 6.58. The number of hydrogen-bond donors (Lipinski definition) is 1. The van der Waals surface area contributed by atoms with E-state index in [1.807, 2.05) is 34.6 Å². The molecule has 1 atom stereocenters. The molecule has 0 radical (unpaired) electrons. The first-order chi connectivity index (χ1) is 5.87. The van der Waals surface area contributed by atoms with Crippen molar-refractivity contribution in [1.29, 1.82) is 0 Å². The van der Waals surface area contributed by atoms with Crippen LogP contribution in [0.5, 0.6) is 0 Å². The van der Waals surface area contributed by atoms with Crippen molar-refractivity contribution in [3.8, 4) is 0 Å². The molecule has 0 heterocycles. The van der Waals surface area contributed by atoms with Gasteiger partial charge >= 0.3 is 5.97 Å². The van der Waals surface area contributed by atoms with Gasteiger partial charge < -0.3 is 10.1 Å². The molecule has 0 spiro atoms. The van der Waals surface area contributed by atoms with Crippen molar-refractivity contribution in [3.05, 3.63) is 0 Å². The smallest absolute Gasteiger partial charge is 0.310 e. The standard InChI is InChI=1S/C10H21NO2/c1-6-11-7-8(2)9(12)13-10(3,4)5/h8,11H,6-7H2,1-5H3. The maximum atomic E-state index is 11.4. The van der Waals surface area contributed by atoms with Gasteiger partial charge in [-0.3, -0.25) is 4.79 Å². The molecular weight excluding hydrogens is 166 g/mol. The van der Waals surface area contributed by atoms with E-state index in [0.29, 0.717) is 6.54 Å². The predicted octanol–water partition coefficient (Wildman–Crippen LogP) is 1.57. The van der Waals surface area contributed by atoms with Crippen molar-refractivity contribution < 1.29 is 9.53 Å². The van der Waals surface area contributed by atoms with Gasteiger partial charge in [-0.2, -0.15) is 0 Å². The van der Waals surface area contributed by atoms with Crippen LogP contribution in [-0.4, -0.2) is 24.7 Å². The molecule has 0 amide bonds. The summed E-state index contributed by atoms with van der Waals surface area (Å²) in [5.41, 5.74) is -0.377. The Labute approximate surface area is 80.8 Å². The fourth-order valence-corrected chi connectivity index (χ4v) is 0.847. The highest BCUT2D eigenvalue weighted by atomic mass is 16.6. The number of rotatable bonds is 4. The summed E-state index contributed by atoms with van der Waals surface area (Å²) in [4.78, 5) is 11.4. The monoisotopic (exact) mass is 187 g/mol. The Morgan fingerprint density at radius 1 is 1.46 bits per heavy atom. The van der Waals surface area contributed by atoms with E-state index in [1.165, 1.54) is 0 Å². The van der Waals surface area contributed by atoms with Crippen LogP contribution in [-0.2, 0) is 9.53 Å². The molecule has 3 nitrogen and oxygen atoms in total. The molecule has 13 heavy (non-hydrogen) atoms. The minimum atomic E-state index is -0.377. The molecule has 0 fully saturated rings. The van der Waals surface area contributed by atoms with E-state index in [9.17, 15) is 4.79 Å². The Kier molecular flexibility index (Phi) is 4.99. The molecule has 0 aliphatic carbocycles. The van der Waals surface area contributed by atoms with E-state index in [2.05, 4.69) is 5.32 Å². The number of ether oxygens (including phenoxy) is 1. The van der Waals surface area contributed by atoms with Crippen LogP contribution in [0.25, 0.3) is 0 Å². The van der Waals surface area contributed by atoms with E-state index >= 15 is 0 Å². The van der Waals surface area contributed by atoms with Crippen LogP contribution in [0.15, 0.2) is 0 Å². The van der Waals surface area contributed by atoms with Crippen LogP contribution in [0.2, 0.25) is 0 Å². The van der Waals surface area contributed by atoms with Gasteiger partial charge in [0.05, 0.1) is 5.92 Å². The van der Waals surface area contributed by atoms with E-state index in [1.54, 1.807) is 0 Å². The van der Waals surface area contributed by atoms with E-state index in [-0.39, 0.29) is 17.5 Å². The average molecular weight is 187 g/mol. The lowest BCUT2D eigenvalue weighted by Gasteiger charge is -2.22. The van der Waals surface area contributed by atoms with E-state index < -0.39 is 0 Å². The Balaban J connectivity index is 3.83. The zero-order chi connectivity index (χ0) is 10.5. The highest BCUT2D eigenvalue weighted by Crippen LogP contribution is 2.10. The van der Waals surface area contributed by atoms with Crippen molar-refractivity contribution >= 4 is 5.97 Å².